The van der Waals surface area contributed by atoms with Crippen LogP contribution in [0.4, 0.5) is 5.69 Å². The number of hydrogen-bond donors (Lipinski definition) is 2. The van der Waals surface area contributed by atoms with Crippen molar-refractivity contribution in [3.8, 4) is 5.75 Å². The molecule has 0 spiro atoms. The Kier molecular flexibility index (Phi) is 4.74. The minimum absolute atomic E-state index is 0.557. The Balaban J connectivity index is 1.90. The highest BCUT2D eigenvalue weighted by atomic mass is 32.1. The number of nitrogens with zero attached hydrogens (tertiary/aromatic N) is 1. The maximum Gasteiger partial charge on any atom is 0.185 e. The lowest BCUT2D eigenvalue weighted by molar-refractivity contribution is 0.0252. The van der Waals surface area contributed by atoms with Gasteiger partial charge in [-0.05, 0) is 24.4 Å². The number of nitrogens with one attached hydrogen (secondary N) is 2. The molecule has 98 valence electrons. The Morgan fingerprint density at radius 1 is 1.33 bits per heavy atom. The number of thiocarbonyl (C=S) groups is 1. The Morgan fingerprint density at radius 2 is 2.06 bits per heavy atom. The van der Waals surface area contributed by atoms with Crippen molar-refractivity contribution in [2.24, 2.45) is 0 Å². The molecule has 1 saturated heterocycles. The van der Waals surface area contributed by atoms with Gasteiger partial charge in [-0.15, -0.1) is 0 Å². The van der Waals surface area contributed by atoms with E-state index in [0.717, 1.165) is 37.7 Å². The van der Waals surface area contributed by atoms with Crippen LogP contribution in [0.15, 0.2) is 24.3 Å². The number of methoxy groups -OCH3 is 1. The number of benzene rings is 1. The van der Waals surface area contributed by atoms with Gasteiger partial charge in [0.15, 0.2) is 5.11 Å². The summed E-state index contributed by atoms with van der Waals surface area (Å²) in [5, 5.41) is 5.71. The Bertz CT molecular complexity index is 408. The summed E-state index contributed by atoms with van der Waals surface area (Å²) in [4.78, 5) is 0. The predicted molar refractivity (Wildman–Crippen MR) is 74.7 cm³/mol. The lowest BCUT2D eigenvalue weighted by Gasteiger charge is -2.28. The van der Waals surface area contributed by atoms with Crippen molar-refractivity contribution < 1.29 is 9.47 Å². The molecule has 0 aromatic heterocycles. The highest BCUT2D eigenvalue weighted by molar-refractivity contribution is 7.80. The van der Waals surface area contributed by atoms with Crippen LogP contribution < -0.4 is 15.5 Å². The molecular weight excluding hydrogens is 250 g/mol. The van der Waals surface area contributed by atoms with Crippen molar-refractivity contribution in [3.05, 3.63) is 24.3 Å². The van der Waals surface area contributed by atoms with Crippen LogP contribution in [0.1, 0.15) is 0 Å². The van der Waals surface area contributed by atoms with Gasteiger partial charge in [0.1, 0.15) is 5.75 Å². The lowest BCUT2D eigenvalue weighted by Crippen LogP contribution is -2.49. The third-order valence-corrected chi connectivity index (χ3v) is 2.82. The zero-order chi connectivity index (χ0) is 12.8. The molecule has 1 heterocycles. The molecular formula is C12H17N3O2S. The lowest BCUT2D eigenvalue weighted by atomic mass is 10.3. The van der Waals surface area contributed by atoms with Gasteiger partial charge < -0.3 is 14.8 Å². The molecule has 1 aromatic rings. The summed E-state index contributed by atoms with van der Waals surface area (Å²) in [6.07, 6.45) is 0. The fraction of sp³-hybridized carbons (Fsp3) is 0.417. The smallest absolute Gasteiger partial charge is 0.185 e. The molecule has 5 nitrogen and oxygen atoms in total. The first kappa shape index (κ1) is 13.1. The zero-order valence-electron chi connectivity index (χ0n) is 10.3. The molecule has 1 aliphatic heterocycles. The summed E-state index contributed by atoms with van der Waals surface area (Å²) in [5.74, 6) is 0.767. The van der Waals surface area contributed by atoms with Crippen LogP contribution >= 0.6 is 12.2 Å². The van der Waals surface area contributed by atoms with Crippen molar-refractivity contribution in [1.82, 2.24) is 10.4 Å². The van der Waals surface area contributed by atoms with E-state index in [-0.39, 0.29) is 0 Å². The molecule has 1 aromatic carbocycles. The molecule has 0 radical (unpaired) electrons. The number of hydrogen-bond acceptors (Lipinski definition) is 4. The van der Waals surface area contributed by atoms with Gasteiger partial charge in [-0.2, -0.15) is 0 Å². The summed E-state index contributed by atoms with van der Waals surface area (Å²) in [6, 6.07) is 7.66. The second kappa shape index (κ2) is 6.53. The van der Waals surface area contributed by atoms with Gasteiger partial charge in [-0.25, -0.2) is 5.01 Å². The van der Waals surface area contributed by atoms with Gasteiger partial charge in [0.25, 0.3) is 0 Å². The van der Waals surface area contributed by atoms with E-state index in [4.69, 9.17) is 21.7 Å². The summed E-state index contributed by atoms with van der Waals surface area (Å²) in [5.41, 5.74) is 3.99. The highest BCUT2D eigenvalue weighted by Gasteiger charge is 2.11. The Morgan fingerprint density at radius 3 is 2.78 bits per heavy atom. The van der Waals surface area contributed by atoms with Crippen LogP contribution in [0.3, 0.4) is 0 Å². The van der Waals surface area contributed by atoms with E-state index in [2.05, 4.69) is 10.7 Å². The molecule has 0 saturated carbocycles. The average Bonchev–Trinajstić information content (AvgIpc) is 2.40. The number of hydrazine groups is 1. The van der Waals surface area contributed by atoms with Crippen LogP contribution in [0, 0.1) is 0 Å². The van der Waals surface area contributed by atoms with Crippen molar-refractivity contribution in [1.29, 1.82) is 0 Å². The van der Waals surface area contributed by atoms with Gasteiger partial charge in [0.2, 0.25) is 0 Å². The fourth-order valence-electron chi connectivity index (χ4n) is 1.72. The van der Waals surface area contributed by atoms with E-state index >= 15 is 0 Å². The standard InChI is InChI=1S/C12H17N3O2S/c1-16-11-5-3-2-4-10(11)13-12(18)14-15-6-8-17-9-7-15/h2-5H,6-9H2,1H3,(H2,13,14,18). The molecule has 0 unspecified atom stereocenters. The SMILES string of the molecule is COc1ccccc1NC(=S)NN1CCOCC1. The molecule has 0 amide bonds. The minimum atomic E-state index is 0.557. The van der Waals surface area contributed by atoms with E-state index in [9.17, 15) is 0 Å². The Labute approximate surface area is 112 Å². The van der Waals surface area contributed by atoms with Crippen molar-refractivity contribution in [2.45, 2.75) is 0 Å². The third kappa shape index (κ3) is 3.56. The number of para-hydroxylation sites is 2. The van der Waals surface area contributed by atoms with Crippen LogP contribution in [0.5, 0.6) is 5.75 Å². The average molecular weight is 267 g/mol. The quantitative estimate of drug-likeness (QED) is 0.803. The van der Waals surface area contributed by atoms with Gasteiger partial charge >= 0.3 is 0 Å². The molecule has 1 fully saturated rings. The van der Waals surface area contributed by atoms with Gasteiger partial charge in [0, 0.05) is 13.1 Å². The van der Waals surface area contributed by atoms with Crippen molar-refractivity contribution >= 4 is 23.0 Å². The maximum atomic E-state index is 5.27. The molecule has 0 atom stereocenters. The number of rotatable bonds is 3. The normalized spacial score (nSPS) is 16.1. The second-order valence-electron chi connectivity index (χ2n) is 3.87. The summed E-state index contributed by atoms with van der Waals surface area (Å²) >= 11 is 5.26. The first-order valence-electron chi connectivity index (χ1n) is 5.83. The molecule has 0 aliphatic carbocycles. The van der Waals surface area contributed by atoms with E-state index in [1.807, 2.05) is 29.3 Å². The molecule has 0 bridgehead atoms. The van der Waals surface area contributed by atoms with Crippen LogP contribution in [-0.2, 0) is 4.74 Å². The van der Waals surface area contributed by atoms with Gasteiger partial charge in [-0.3, -0.25) is 5.43 Å². The molecule has 2 N–H and O–H groups in total. The van der Waals surface area contributed by atoms with Gasteiger partial charge in [0.05, 0.1) is 26.0 Å². The largest absolute Gasteiger partial charge is 0.495 e. The summed E-state index contributed by atoms with van der Waals surface area (Å²) in [7, 11) is 1.64. The fourth-order valence-corrected chi connectivity index (χ4v) is 1.96. The summed E-state index contributed by atoms with van der Waals surface area (Å²) in [6.45, 7) is 3.11. The monoisotopic (exact) mass is 267 g/mol. The van der Waals surface area contributed by atoms with E-state index in [1.54, 1.807) is 7.11 Å². The number of ether oxygens (including phenoxy) is 2. The molecule has 18 heavy (non-hydrogen) atoms. The van der Waals surface area contributed by atoms with Gasteiger partial charge in [-0.1, -0.05) is 12.1 Å². The van der Waals surface area contributed by atoms with Crippen molar-refractivity contribution in [2.75, 3.05) is 38.7 Å². The molecule has 6 heteroatoms. The topological polar surface area (TPSA) is 45.8 Å². The van der Waals surface area contributed by atoms with E-state index in [1.165, 1.54) is 0 Å². The number of morpholine rings is 1. The molecule has 2 rings (SSSR count). The zero-order valence-corrected chi connectivity index (χ0v) is 11.1. The first-order valence-corrected chi connectivity index (χ1v) is 6.24. The highest BCUT2D eigenvalue weighted by Crippen LogP contribution is 2.22. The van der Waals surface area contributed by atoms with Crippen LogP contribution in [0.25, 0.3) is 0 Å². The minimum Gasteiger partial charge on any atom is -0.495 e. The van der Waals surface area contributed by atoms with E-state index < -0.39 is 0 Å². The first-order chi connectivity index (χ1) is 8.79. The Hall–Kier alpha value is -1.37. The predicted octanol–water partition coefficient (Wildman–Crippen LogP) is 1.23. The second-order valence-corrected chi connectivity index (χ2v) is 4.27. The summed E-state index contributed by atoms with van der Waals surface area (Å²) < 4.78 is 10.5. The van der Waals surface area contributed by atoms with E-state index in [0.29, 0.717) is 5.11 Å². The third-order valence-electron chi connectivity index (χ3n) is 2.63. The van der Waals surface area contributed by atoms with Crippen molar-refractivity contribution in [3.63, 3.8) is 0 Å². The number of anilines is 1. The molecule has 1 aliphatic rings. The van der Waals surface area contributed by atoms with Crippen LogP contribution in [0.2, 0.25) is 0 Å². The van der Waals surface area contributed by atoms with Crippen LogP contribution in [-0.4, -0.2) is 43.5 Å². The maximum absolute atomic E-state index is 5.27.